The van der Waals surface area contributed by atoms with E-state index in [9.17, 15) is 4.79 Å². The molecule has 0 bridgehead atoms. The van der Waals surface area contributed by atoms with Gasteiger partial charge in [-0.1, -0.05) is 71.7 Å². The van der Waals surface area contributed by atoms with Gasteiger partial charge in [0.05, 0.1) is 0 Å². The molecule has 1 N–H and O–H groups in total. The second kappa shape index (κ2) is 9.17. The Balaban J connectivity index is 1.31. The average molecular weight is 427 g/mol. The van der Waals surface area contributed by atoms with E-state index >= 15 is 0 Å². The Labute approximate surface area is 181 Å². The molecule has 3 nitrogen and oxygen atoms in total. The normalized spacial score (nSPS) is 15.5. The Bertz CT molecular complexity index is 987. The molecule has 29 heavy (non-hydrogen) atoms. The molecule has 3 aromatic carbocycles. The molecular formula is C24H24Cl2N2O. The molecule has 3 aromatic rings. The molecule has 1 heterocycles. The third kappa shape index (κ3) is 4.75. The standard InChI is InChI=1S/C24H24Cl2N2O/c25-22-9-4-10-23(26)21(22)16-28-13-11-18(12-14-28)24(29)27-15-19-7-3-6-17-5-1-2-8-20(17)19/h1-10,18H,11-16H2,(H,27,29). The maximum Gasteiger partial charge on any atom is 0.223 e. The molecule has 0 radical (unpaired) electrons. The number of carbonyl (C=O) groups is 1. The van der Waals surface area contributed by atoms with E-state index in [-0.39, 0.29) is 11.8 Å². The van der Waals surface area contributed by atoms with Crippen LogP contribution in [0.1, 0.15) is 24.0 Å². The summed E-state index contributed by atoms with van der Waals surface area (Å²) in [6, 6.07) is 20.1. The van der Waals surface area contributed by atoms with Crippen LogP contribution >= 0.6 is 23.2 Å². The van der Waals surface area contributed by atoms with Crippen molar-refractivity contribution in [3.05, 3.63) is 81.8 Å². The lowest BCUT2D eigenvalue weighted by Crippen LogP contribution is -2.40. The third-order valence-electron chi connectivity index (χ3n) is 5.73. The summed E-state index contributed by atoms with van der Waals surface area (Å²) in [7, 11) is 0. The lowest BCUT2D eigenvalue weighted by Gasteiger charge is -2.31. The summed E-state index contributed by atoms with van der Waals surface area (Å²) in [5.41, 5.74) is 2.12. The molecule has 5 heteroatoms. The summed E-state index contributed by atoms with van der Waals surface area (Å²) in [6.07, 6.45) is 1.70. The second-order valence-corrected chi connectivity index (χ2v) is 8.42. The van der Waals surface area contributed by atoms with Crippen molar-refractivity contribution < 1.29 is 4.79 Å². The zero-order valence-electron chi connectivity index (χ0n) is 16.2. The number of rotatable bonds is 5. The number of hydrogen-bond donors (Lipinski definition) is 1. The molecule has 0 spiro atoms. The minimum atomic E-state index is 0.0583. The van der Waals surface area contributed by atoms with E-state index in [1.54, 1.807) is 0 Å². The van der Waals surface area contributed by atoms with Crippen LogP contribution in [0.4, 0.5) is 0 Å². The lowest BCUT2D eigenvalue weighted by atomic mass is 9.95. The second-order valence-electron chi connectivity index (χ2n) is 7.61. The molecule has 0 aromatic heterocycles. The van der Waals surface area contributed by atoms with Crippen LogP contribution in [0, 0.1) is 5.92 Å². The molecular weight excluding hydrogens is 403 g/mol. The summed E-state index contributed by atoms with van der Waals surface area (Å²) in [5.74, 6) is 0.205. The van der Waals surface area contributed by atoms with Gasteiger partial charge in [-0.25, -0.2) is 0 Å². The maximum atomic E-state index is 12.7. The zero-order valence-corrected chi connectivity index (χ0v) is 17.7. The van der Waals surface area contributed by atoms with Gasteiger partial charge in [0.25, 0.3) is 0 Å². The SMILES string of the molecule is O=C(NCc1cccc2ccccc12)C1CCN(Cc2c(Cl)cccc2Cl)CC1. The predicted molar refractivity (Wildman–Crippen MR) is 120 cm³/mol. The Kier molecular flexibility index (Phi) is 6.39. The number of piperidine rings is 1. The van der Waals surface area contributed by atoms with Gasteiger partial charge in [0.15, 0.2) is 0 Å². The molecule has 1 amide bonds. The van der Waals surface area contributed by atoms with Crippen molar-refractivity contribution in [2.75, 3.05) is 13.1 Å². The van der Waals surface area contributed by atoms with E-state index in [4.69, 9.17) is 23.2 Å². The van der Waals surface area contributed by atoms with Crippen molar-refractivity contribution in [3.8, 4) is 0 Å². The van der Waals surface area contributed by atoms with Gasteiger partial charge in [-0.15, -0.1) is 0 Å². The molecule has 150 valence electrons. The Hall–Kier alpha value is -2.07. The molecule has 1 fully saturated rings. The first kappa shape index (κ1) is 20.2. The lowest BCUT2D eigenvalue weighted by molar-refractivity contribution is -0.126. The molecule has 1 aliphatic rings. The fourth-order valence-electron chi connectivity index (χ4n) is 4.03. The molecule has 4 rings (SSSR count). The molecule has 0 aliphatic carbocycles. The van der Waals surface area contributed by atoms with Crippen LogP contribution in [-0.4, -0.2) is 23.9 Å². The van der Waals surface area contributed by atoms with Crippen LogP contribution in [0.15, 0.2) is 60.7 Å². The Morgan fingerprint density at radius 2 is 1.59 bits per heavy atom. The van der Waals surface area contributed by atoms with Crippen LogP contribution in [-0.2, 0) is 17.9 Å². The van der Waals surface area contributed by atoms with Gasteiger partial charge in [-0.05, 0) is 54.4 Å². The van der Waals surface area contributed by atoms with E-state index in [0.29, 0.717) is 16.6 Å². The van der Waals surface area contributed by atoms with Crippen molar-refractivity contribution in [2.24, 2.45) is 5.92 Å². The number of carbonyl (C=O) groups excluding carboxylic acids is 1. The number of benzene rings is 3. The minimum absolute atomic E-state index is 0.0583. The van der Waals surface area contributed by atoms with Gasteiger partial charge in [-0.3, -0.25) is 9.69 Å². The van der Waals surface area contributed by atoms with Gasteiger partial charge < -0.3 is 5.32 Å². The van der Waals surface area contributed by atoms with E-state index in [1.807, 2.05) is 36.4 Å². The first-order chi connectivity index (χ1) is 14.1. The minimum Gasteiger partial charge on any atom is -0.352 e. The van der Waals surface area contributed by atoms with Gasteiger partial charge >= 0.3 is 0 Å². The number of halogens is 2. The van der Waals surface area contributed by atoms with Crippen molar-refractivity contribution in [1.82, 2.24) is 10.2 Å². The largest absolute Gasteiger partial charge is 0.352 e. The van der Waals surface area contributed by atoms with Crippen LogP contribution in [0.25, 0.3) is 10.8 Å². The number of hydrogen-bond acceptors (Lipinski definition) is 2. The predicted octanol–water partition coefficient (Wildman–Crippen LogP) is 5.68. The smallest absolute Gasteiger partial charge is 0.223 e. The number of nitrogens with zero attached hydrogens (tertiary/aromatic N) is 1. The highest BCUT2D eigenvalue weighted by molar-refractivity contribution is 6.35. The quantitative estimate of drug-likeness (QED) is 0.569. The van der Waals surface area contributed by atoms with Gasteiger partial charge in [0.2, 0.25) is 5.91 Å². The monoisotopic (exact) mass is 426 g/mol. The van der Waals surface area contributed by atoms with Crippen LogP contribution < -0.4 is 5.32 Å². The highest BCUT2D eigenvalue weighted by Gasteiger charge is 2.25. The highest BCUT2D eigenvalue weighted by atomic mass is 35.5. The van der Waals surface area contributed by atoms with Gasteiger partial charge in [0, 0.05) is 34.6 Å². The van der Waals surface area contributed by atoms with E-state index in [2.05, 4.69) is 34.5 Å². The summed E-state index contributed by atoms with van der Waals surface area (Å²) in [4.78, 5) is 15.0. The van der Waals surface area contributed by atoms with Crippen molar-refractivity contribution in [1.29, 1.82) is 0 Å². The van der Waals surface area contributed by atoms with Crippen LogP contribution in [0.2, 0.25) is 10.0 Å². The Morgan fingerprint density at radius 3 is 2.34 bits per heavy atom. The zero-order chi connectivity index (χ0) is 20.2. The topological polar surface area (TPSA) is 32.3 Å². The summed E-state index contributed by atoms with van der Waals surface area (Å²) in [5, 5.41) is 6.94. The molecule has 1 aliphatic heterocycles. The van der Waals surface area contributed by atoms with E-state index in [1.165, 1.54) is 10.8 Å². The first-order valence-electron chi connectivity index (χ1n) is 10.0. The summed E-state index contributed by atoms with van der Waals surface area (Å²) >= 11 is 12.6. The van der Waals surface area contributed by atoms with Crippen molar-refractivity contribution in [2.45, 2.75) is 25.9 Å². The van der Waals surface area contributed by atoms with Crippen molar-refractivity contribution in [3.63, 3.8) is 0 Å². The Morgan fingerprint density at radius 1 is 0.931 bits per heavy atom. The van der Waals surface area contributed by atoms with E-state index < -0.39 is 0 Å². The average Bonchev–Trinajstić information content (AvgIpc) is 2.75. The van der Waals surface area contributed by atoms with Crippen LogP contribution in [0.3, 0.4) is 0 Å². The molecule has 0 saturated carbocycles. The third-order valence-corrected chi connectivity index (χ3v) is 6.44. The molecule has 0 unspecified atom stereocenters. The fourth-order valence-corrected chi connectivity index (χ4v) is 4.55. The number of fused-ring (bicyclic) bond motifs is 1. The van der Waals surface area contributed by atoms with E-state index in [0.717, 1.165) is 43.6 Å². The highest BCUT2D eigenvalue weighted by Crippen LogP contribution is 2.28. The summed E-state index contributed by atoms with van der Waals surface area (Å²) < 4.78 is 0. The molecule has 0 atom stereocenters. The number of likely N-dealkylation sites (tertiary alicyclic amines) is 1. The number of amides is 1. The van der Waals surface area contributed by atoms with Gasteiger partial charge in [0.1, 0.15) is 0 Å². The van der Waals surface area contributed by atoms with Crippen molar-refractivity contribution >= 4 is 39.9 Å². The number of nitrogens with one attached hydrogen (secondary N) is 1. The molecule has 1 saturated heterocycles. The fraction of sp³-hybridized carbons (Fsp3) is 0.292. The summed E-state index contributed by atoms with van der Waals surface area (Å²) in [6.45, 7) is 3.03. The van der Waals surface area contributed by atoms with Crippen LogP contribution in [0.5, 0.6) is 0 Å². The first-order valence-corrected chi connectivity index (χ1v) is 10.8. The van der Waals surface area contributed by atoms with Gasteiger partial charge in [-0.2, -0.15) is 0 Å². The maximum absolute atomic E-state index is 12.7.